The maximum absolute atomic E-state index is 5.92. The largest absolute Gasteiger partial charge is 0.297 e. The second-order valence-corrected chi connectivity index (χ2v) is 5.23. The molecular weight excluding hydrogens is 206 g/mol. The van der Waals surface area contributed by atoms with E-state index in [4.69, 9.17) is 11.6 Å². The highest BCUT2D eigenvalue weighted by Crippen LogP contribution is 2.25. The van der Waals surface area contributed by atoms with E-state index in [1.165, 1.54) is 44.9 Å². The summed E-state index contributed by atoms with van der Waals surface area (Å²) in [5, 5.41) is 0. The van der Waals surface area contributed by atoms with Crippen LogP contribution in [0.5, 0.6) is 0 Å². The van der Waals surface area contributed by atoms with E-state index in [0.29, 0.717) is 0 Å². The number of hydrogen-bond acceptors (Lipinski definition) is 1. The van der Waals surface area contributed by atoms with Gasteiger partial charge in [-0.2, -0.15) is 0 Å². The number of halogens is 1. The fourth-order valence-corrected chi connectivity index (χ4v) is 3.05. The minimum absolute atomic E-state index is 0.719. The lowest BCUT2D eigenvalue weighted by molar-refractivity contribution is 0.114. The fourth-order valence-electron chi connectivity index (χ4n) is 2.86. The van der Waals surface area contributed by atoms with Gasteiger partial charge < -0.3 is 0 Å². The van der Waals surface area contributed by atoms with Crippen molar-refractivity contribution in [2.45, 2.75) is 70.9 Å². The number of nitrogens with zero attached hydrogens (tertiary/aromatic N) is 1. The van der Waals surface area contributed by atoms with Gasteiger partial charge in [0.2, 0.25) is 0 Å². The Morgan fingerprint density at radius 3 is 2.47 bits per heavy atom. The molecule has 1 aliphatic carbocycles. The van der Waals surface area contributed by atoms with Gasteiger partial charge in [0.15, 0.2) is 0 Å². The highest BCUT2D eigenvalue weighted by Gasteiger charge is 2.23. The molecule has 0 radical (unpaired) electrons. The number of alkyl halides is 1. The average molecular weight is 232 g/mol. The summed E-state index contributed by atoms with van der Waals surface area (Å²) in [6.07, 6.45) is 9.66. The molecule has 0 aliphatic heterocycles. The molecule has 0 aromatic rings. The fraction of sp³-hybridized carbons (Fsp3) is 1.00. The third-order valence-electron chi connectivity index (χ3n) is 3.66. The van der Waals surface area contributed by atoms with Gasteiger partial charge in [-0.1, -0.05) is 32.6 Å². The third kappa shape index (κ3) is 4.32. The van der Waals surface area contributed by atoms with E-state index in [-0.39, 0.29) is 0 Å². The van der Waals surface area contributed by atoms with Gasteiger partial charge in [-0.3, -0.25) is 4.90 Å². The molecule has 0 heterocycles. The van der Waals surface area contributed by atoms with Gasteiger partial charge in [0.25, 0.3) is 0 Å². The summed E-state index contributed by atoms with van der Waals surface area (Å²) >= 11 is 5.92. The van der Waals surface area contributed by atoms with Crippen LogP contribution in [0.3, 0.4) is 0 Å². The van der Waals surface area contributed by atoms with Crippen LogP contribution in [-0.2, 0) is 0 Å². The van der Waals surface area contributed by atoms with Crippen molar-refractivity contribution in [2.75, 3.05) is 12.4 Å². The Labute approximate surface area is 100 Å². The Bertz CT molecular complexity index is 155. The Balaban J connectivity index is 2.46. The van der Waals surface area contributed by atoms with Gasteiger partial charge in [-0.15, -0.1) is 11.6 Å². The average Bonchev–Trinajstić information content (AvgIpc) is 2.27. The van der Waals surface area contributed by atoms with Crippen LogP contribution in [0.1, 0.15) is 58.8 Å². The Morgan fingerprint density at radius 1 is 1.27 bits per heavy atom. The van der Waals surface area contributed by atoms with Crippen molar-refractivity contribution >= 4 is 11.6 Å². The minimum atomic E-state index is 0.719. The molecule has 2 heteroatoms. The van der Waals surface area contributed by atoms with Crippen molar-refractivity contribution in [3.63, 3.8) is 0 Å². The molecule has 1 fully saturated rings. The molecule has 0 spiro atoms. The van der Waals surface area contributed by atoms with E-state index in [2.05, 4.69) is 18.7 Å². The van der Waals surface area contributed by atoms with Crippen molar-refractivity contribution in [1.82, 2.24) is 4.90 Å². The van der Waals surface area contributed by atoms with E-state index < -0.39 is 0 Å². The molecule has 0 N–H and O–H groups in total. The van der Waals surface area contributed by atoms with Crippen LogP contribution in [0.2, 0.25) is 0 Å². The number of hydrogen-bond donors (Lipinski definition) is 0. The van der Waals surface area contributed by atoms with Gasteiger partial charge in [0, 0.05) is 24.5 Å². The summed E-state index contributed by atoms with van der Waals surface area (Å²) in [5.74, 6) is 0.782. The van der Waals surface area contributed by atoms with Gasteiger partial charge in [0.05, 0.1) is 0 Å². The lowest BCUT2D eigenvalue weighted by atomic mass is 9.93. The summed E-state index contributed by atoms with van der Waals surface area (Å²) in [5.41, 5.74) is 0. The van der Waals surface area contributed by atoms with E-state index in [1.807, 2.05) is 0 Å². The first-order valence-electron chi connectivity index (χ1n) is 6.61. The van der Waals surface area contributed by atoms with Crippen LogP contribution in [0.15, 0.2) is 0 Å². The molecule has 1 unspecified atom stereocenters. The third-order valence-corrected chi connectivity index (χ3v) is 3.83. The molecule has 1 aliphatic rings. The highest BCUT2D eigenvalue weighted by atomic mass is 35.5. The van der Waals surface area contributed by atoms with Gasteiger partial charge in [0.1, 0.15) is 0 Å². The number of rotatable bonds is 6. The Kier molecular flexibility index (Phi) is 6.67. The molecule has 1 rings (SSSR count). The maximum atomic E-state index is 5.92. The summed E-state index contributed by atoms with van der Waals surface area (Å²) in [7, 11) is 0. The van der Waals surface area contributed by atoms with Crippen LogP contribution >= 0.6 is 11.6 Å². The normalized spacial score (nSPS) is 20.8. The van der Waals surface area contributed by atoms with Gasteiger partial charge in [-0.25, -0.2) is 0 Å². The molecule has 0 aromatic carbocycles. The predicted molar refractivity (Wildman–Crippen MR) is 68.7 cm³/mol. The lowest BCUT2D eigenvalue weighted by Gasteiger charge is -2.38. The van der Waals surface area contributed by atoms with Crippen LogP contribution < -0.4 is 0 Å². The molecule has 1 nitrogen and oxygen atoms in total. The van der Waals surface area contributed by atoms with Crippen molar-refractivity contribution in [2.24, 2.45) is 0 Å². The predicted octanol–water partition coefficient (Wildman–Crippen LogP) is 4.05. The van der Waals surface area contributed by atoms with E-state index >= 15 is 0 Å². The second kappa shape index (κ2) is 7.51. The summed E-state index contributed by atoms with van der Waals surface area (Å²) in [4.78, 5) is 2.66. The first kappa shape index (κ1) is 13.3. The monoisotopic (exact) mass is 231 g/mol. The molecule has 15 heavy (non-hydrogen) atoms. The van der Waals surface area contributed by atoms with Gasteiger partial charge >= 0.3 is 0 Å². The Hall–Kier alpha value is 0.250. The molecule has 1 atom stereocenters. The zero-order valence-corrected chi connectivity index (χ0v) is 11.1. The van der Waals surface area contributed by atoms with Crippen LogP contribution in [0.25, 0.3) is 0 Å². The SMILES string of the molecule is CCCC(C)N(CCCl)C1CCCCC1. The minimum Gasteiger partial charge on any atom is -0.297 e. The maximum Gasteiger partial charge on any atom is 0.0351 e. The first-order chi connectivity index (χ1) is 7.29. The smallest absolute Gasteiger partial charge is 0.0351 e. The molecule has 0 bridgehead atoms. The van der Waals surface area contributed by atoms with Crippen molar-refractivity contribution < 1.29 is 0 Å². The Morgan fingerprint density at radius 2 is 1.93 bits per heavy atom. The van der Waals surface area contributed by atoms with Crippen molar-refractivity contribution in [3.05, 3.63) is 0 Å². The van der Waals surface area contributed by atoms with E-state index in [9.17, 15) is 0 Å². The van der Waals surface area contributed by atoms with Gasteiger partial charge in [-0.05, 0) is 26.2 Å². The zero-order valence-electron chi connectivity index (χ0n) is 10.3. The molecule has 1 saturated carbocycles. The molecule has 90 valence electrons. The lowest BCUT2D eigenvalue weighted by Crippen LogP contribution is -2.43. The second-order valence-electron chi connectivity index (χ2n) is 4.86. The molecular formula is C13H26ClN. The quantitative estimate of drug-likeness (QED) is 0.624. The summed E-state index contributed by atoms with van der Waals surface area (Å²) in [6.45, 7) is 5.72. The standard InChI is InChI=1S/C13H26ClN/c1-3-7-12(2)15(11-10-14)13-8-5-4-6-9-13/h12-13H,3-11H2,1-2H3. The van der Waals surface area contributed by atoms with Crippen molar-refractivity contribution in [1.29, 1.82) is 0 Å². The highest BCUT2D eigenvalue weighted by molar-refractivity contribution is 6.18. The van der Waals surface area contributed by atoms with Crippen LogP contribution in [-0.4, -0.2) is 29.4 Å². The van der Waals surface area contributed by atoms with Crippen LogP contribution in [0, 0.1) is 0 Å². The van der Waals surface area contributed by atoms with Crippen LogP contribution in [0.4, 0.5) is 0 Å². The van der Waals surface area contributed by atoms with E-state index in [0.717, 1.165) is 24.5 Å². The molecule has 0 saturated heterocycles. The topological polar surface area (TPSA) is 3.24 Å². The molecule has 0 aromatic heterocycles. The van der Waals surface area contributed by atoms with Crippen molar-refractivity contribution in [3.8, 4) is 0 Å². The zero-order chi connectivity index (χ0) is 11.1. The molecule has 0 amide bonds. The first-order valence-corrected chi connectivity index (χ1v) is 7.14. The summed E-state index contributed by atoms with van der Waals surface area (Å²) < 4.78 is 0. The van der Waals surface area contributed by atoms with E-state index in [1.54, 1.807) is 0 Å². The summed E-state index contributed by atoms with van der Waals surface area (Å²) in [6, 6.07) is 1.54.